The predicted molar refractivity (Wildman–Crippen MR) is 105 cm³/mol. The summed E-state index contributed by atoms with van der Waals surface area (Å²) in [5.41, 5.74) is 1.54. The number of nitrogens with one attached hydrogen (secondary N) is 1. The van der Waals surface area contributed by atoms with Crippen LogP contribution in [0, 0.1) is 12.7 Å². The molecule has 1 fully saturated rings. The van der Waals surface area contributed by atoms with Gasteiger partial charge in [0.2, 0.25) is 0 Å². The van der Waals surface area contributed by atoms with Crippen molar-refractivity contribution in [2.75, 3.05) is 6.54 Å². The van der Waals surface area contributed by atoms with Gasteiger partial charge in [-0.05, 0) is 51.4 Å². The number of rotatable bonds is 3. The number of halogens is 3. The van der Waals surface area contributed by atoms with Crippen LogP contribution in [0.3, 0.4) is 0 Å². The first-order chi connectivity index (χ1) is 14.4. The molecule has 4 heterocycles. The van der Waals surface area contributed by atoms with Gasteiger partial charge in [0.15, 0.2) is 11.5 Å². The Labute approximate surface area is 169 Å². The molecular weight excluding hydrogens is 395 g/mol. The fraction of sp³-hybridized carbons (Fsp3) is 0.400. The molecule has 30 heavy (non-hydrogen) atoms. The minimum Gasteiger partial charge on any atom is -0.314 e. The molecular formula is C20H20F3N7. The number of nitrogens with zero attached hydrogens (tertiary/aromatic N) is 6. The van der Waals surface area contributed by atoms with Gasteiger partial charge in [0.05, 0.1) is 29.2 Å². The lowest BCUT2D eigenvalue weighted by Gasteiger charge is -2.27. The molecule has 1 aliphatic rings. The maximum absolute atomic E-state index is 14.8. The van der Waals surface area contributed by atoms with E-state index < -0.39 is 12.2 Å². The van der Waals surface area contributed by atoms with Crippen molar-refractivity contribution in [1.82, 2.24) is 34.9 Å². The van der Waals surface area contributed by atoms with Crippen LogP contribution in [0.5, 0.6) is 0 Å². The van der Waals surface area contributed by atoms with Crippen LogP contribution in [-0.2, 0) is 0 Å². The molecule has 1 aromatic carbocycles. The van der Waals surface area contributed by atoms with E-state index >= 15 is 0 Å². The van der Waals surface area contributed by atoms with Gasteiger partial charge in [-0.3, -0.25) is 0 Å². The topological polar surface area (TPSA) is 72.9 Å². The number of hydrogen-bond donors (Lipinski definition) is 1. The van der Waals surface area contributed by atoms with E-state index in [4.69, 9.17) is 0 Å². The van der Waals surface area contributed by atoms with Crippen LogP contribution in [0.2, 0.25) is 0 Å². The zero-order valence-corrected chi connectivity index (χ0v) is 16.5. The Kier molecular flexibility index (Phi) is 4.46. The highest BCUT2D eigenvalue weighted by Gasteiger charge is 2.23. The molecule has 7 nitrogen and oxygen atoms in total. The third-order valence-corrected chi connectivity index (χ3v) is 5.48. The van der Waals surface area contributed by atoms with Gasteiger partial charge in [-0.2, -0.15) is 15.0 Å². The lowest BCUT2D eigenvalue weighted by atomic mass is 10.0. The minimum absolute atomic E-state index is 0.0883. The predicted octanol–water partition coefficient (Wildman–Crippen LogP) is 3.84. The molecule has 10 heteroatoms. The number of benzene rings is 1. The molecule has 0 saturated carbocycles. The molecule has 156 valence electrons. The van der Waals surface area contributed by atoms with E-state index in [-0.39, 0.29) is 28.5 Å². The van der Waals surface area contributed by atoms with Gasteiger partial charge in [-0.15, -0.1) is 5.10 Å². The summed E-state index contributed by atoms with van der Waals surface area (Å²) < 4.78 is 43.3. The Balaban J connectivity index is 1.61. The van der Waals surface area contributed by atoms with E-state index in [0.29, 0.717) is 22.8 Å². The van der Waals surface area contributed by atoms with Gasteiger partial charge < -0.3 is 5.32 Å². The van der Waals surface area contributed by atoms with Crippen molar-refractivity contribution >= 4 is 16.7 Å². The summed E-state index contributed by atoms with van der Waals surface area (Å²) in [6.07, 6.45) is 0.544. The monoisotopic (exact) mass is 415 g/mol. The number of piperidine rings is 1. The van der Waals surface area contributed by atoms with Crippen molar-refractivity contribution in [2.24, 2.45) is 0 Å². The first-order valence-electron chi connectivity index (χ1n) is 9.84. The Morgan fingerprint density at radius 3 is 2.77 bits per heavy atom. The summed E-state index contributed by atoms with van der Waals surface area (Å²) >= 11 is 0. The highest BCUT2D eigenvalue weighted by molar-refractivity contribution is 5.81. The van der Waals surface area contributed by atoms with Gasteiger partial charge in [0.25, 0.3) is 6.43 Å². The van der Waals surface area contributed by atoms with Crippen LogP contribution in [0.4, 0.5) is 13.2 Å². The number of hydrogen-bond acceptors (Lipinski definition) is 5. The molecule has 2 atom stereocenters. The van der Waals surface area contributed by atoms with Crippen LogP contribution in [-0.4, -0.2) is 42.2 Å². The fourth-order valence-electron chi connectivity index (χ4n) is 4.04. The Morgan fingerprint density at radius 1 is 1.17 bits per heavy atom. The molecule has 0 spiro atoms. The molecule has 4 aromatic rings. The first-order valence-corrected chi connectivity index (χ1v) is 9.84. The molecule has 1 saturated heterocycles. The maximum Gasteiger partial charge on any atom is 0.267 e. The number of fused-ring (bicyclic) bond motifs is 2. The highest BCUT2D eigenvalue weighted by Crippen LogP contribution is 2.30. The quantitative estimate of drug-likeness (QED) is 0.551. The average Bonchev–Trinajstić information content (AvgIpc) is 3.29. The molecule has 0 unspecified atom stereocenters. The standard InChI is InChI=1S/C20H20F3N7/c1-10-5-13(3-4-24-10)30-27-17-7-12(6-15(21)18(17)28-30)16-8-14(19(22)23)20-25-11(2)9-29(20)26-16/h6-10,13,19,24H,3-5H2,1-2H3/t10-,13+/m1/s1. The van der Waals surface area contributed by atoms with Crippen molar-refractivity contribution in [2.45, 2.75) is 45.2 Å². The molecule has 0 amide bonds. The Bertz CT molecular complexity index is 1250. The van der Waals surface area contributed by atoms with Crippen molar-refractivity contribution in [3.05, 3.63) is 41.5 Å². The van der Waals surface area contributed by atoms with Crippen LogP contribution in [0.1, 0.15) is 43.5 Å². The van der Waals surface area contributed by atoms with E-state index in [1.165, 1.54) is 16.6 Å². The van der Waals surface area contributed by atoms with Gasteiger partial charge in [-0.25, -0.2) is 22.7 Å². The SMILES string of the molecule is Cc1cn2nc(-c3cc(F)c4nn([C@H]5CCN[C@H](C)C5)nc4c3)cc(C(F)F)c2n1. The third kappa shape index (κ3) is 3.20. The Morgan fingerprint density at radius 2 is 2.00 bits per heavy atom. The van der Waals surface area contributed by atoms with Crippen LogP contribution in [0.25, 0.3) is 27.9 Å². The first kappa shape index (κ1) is 19.0. The number of aromatic nitrogens is 6. The zero-order chi connectivity index (χ0) is 21.0. The van der Waals surface area contributed by atoms with Crippen molar-refractivity contribution in [3.8, 4) is 11.3 Å². The largest absolute Gasteiger partial charge is 0.314 e. The minimum atomic E-state index is -2.73. The van der Waals surface area contributed by atoms with Crippen LogP contribution >= 0.6 is 0 Å². The second kappa shape index (κ2) is 7.05. The maximum atomic E-state index is 14.8. The number of imidazole rings is 1. The molecule has 1 N–H and O–H groups in total. The van der Waals surface area contributed by atoms with E-state index in [2.05, 4.69) is 32.5 Å². The smallest absolute Gasteiger partial charge is 0.267 e. The van der Waals surface area contributed by atoms with E-state index in [0.717, 1.165) is 19.4 Å². The van der Waals surface area contributed by atoms with Gasteiger partial charge >= 0.3 is 0 Å². The third-order valence-electron chi connectivity index (χ3n) is 5.48. The van der Waals surface area contributed by atoms with Crippen molar-refractivity contribution < 1.29 is 13.2 Å². The van der Waals surface area contributed by atoms with Gasteiger partial charge in [-0.1, -0.05) is 0 Å². The molecule has 1 aliphatic heterocycles. The normalized spacial score (nSPS) is 19.9. The van der Waals surface area contributed by atoms with Crippen molar-refractivity contribution in [1.29, 1.82) is 0 Å². The average molecular weight is 415 g/mol. The summed E-state index contributed by atoms with van der Waals surface area (Å²) in [6.45, 7) is 4.64. The second-order valence-corrected chi connectivity index (χ2v) is 7.82. The van der Waals surface area contributed by atoms with Gasteiger partial charge in [0, 0.05) is 11.6 Å². The van der Waals surface area contributed by atoms with E-state index in [1.54, 1.807) is 24.0 Å². The van der Waals surface area contributed by atoms with E-state index in [1.807, 2.05) is 0 Å². The lowest BCUT2D eigenvalue weighted by molar-refractivity contribution is 0.152. The molecule has 0 aliphatic carbocycles. The van der Waals surface area contributed by atoms with Gasteiger partial charge in [0.1, 0.15) is 11.0 Å². The summed E-state index contributed by atoms with van der Waals surface area (Å²) in [5.74, 6) is -0.557. The summed E-state index contributed by atoms with van der Waals surface area (Å²) in [4.78, 5) is 5.69. The van der Waals surface area contributed by atoms with Crippen molar-refractivity contribution in [3.63, 3.8) is 0 Å². The summed E-state index contributed by atoms with van der Waals surface area (Å²) in [6, 6.07) is 4.58. The fourth-order valence-corrected chi connectivity index (χ4v) is 4.04. The number of alkyl halides is 2. The Hall–Kier alpha value is -3.01. The second-order valence-electron chi connectivity index (χ2n) is 7.82. The number of aryl methyl sites for hydroxylation is 1. The molecule has 3 aromatic heterocycles. The highest BCUT2D eigenvalue weighted by atomic mass is 19.3. The summed E-state index contributed by atoms with van der Waals surface area (Å²) in [5, 5.41) is 16.6. The molecule has 0 bridgehead atoms. The van der Waals surface area contributed by atoms with Crippen LogP contribution < -0.4 is 5.32 Å². The van der Waals surface area contributed by atoms with E-state index in [9.17, 15) is 13.2 Å². The zero-order valence-electron chi connectivity index (χ0n) is 16.5. The lowest BCUT2D eigenvalue weighted by Crippen LogP contribution is -2.37. The molecule has 0 radical (unpaired) electrons. The van der Waals surface area contributed by atoms with Crippen LogP contribution in [0.15, 0.2) is 24.4 Å². The molecule has 5 rings (SSSR count). The summed E-state index contributed by atoms with van der Waals surface area (Å²) in [7, 11) is 0.